The number of hydrogen-bond donors (Lipinski definition) is 3. The summed E-state index contributed by atoms with van der Waals surface area (Å²) in [5.41, 5.74) is 0. The number of aromatic nitrogens is 2. The average Bonchev–Trinajstić information content (AvgIpc) is 3.26. The summed E-state index contributed by atoms with van der Waals surface area (Å²) in [5.74, 6) is 2.75. The van der Waals surface area contributed by atoms with Gasteiger partial charge in [-0.15, -0.1) is 0 Å². The summed E-state index contributed by atoms with van der Waals surface area (Å²) in [6.07, 6.45) is 5.05. The fourth-order valence-corrected chi connectivity index (χ4v) is 5.61. The van der Waals surface area contributed by atoms with Gasteiger partial charge in [0.25, 0.3) is 11.6 Å². The smallest absolute Gasteiger partial charge is 0.292 e. The van der Waals surface area contributed by atoms with Crippen LogP contribution in [0.4, 0.5) is 11.6 Å². The van der Waals surface area contributed by atoms with Gasteiger partial charge in [0.15, 0.2) is 0 Å². The summed E-state index contributed by atoms with van der Waals surface area (Å²) in [6.45, 7) is 8.43. The third-order valence-corrected chi connectivity index (χ3v) is 8.63. The van der Waals surface area contributed by atoms with Crippen LogP contribution in [-0.4, -0.2) is 65.8 Å². The van der Waals surface area contributed by atoms with Crippen molar-refractivity contribution < 1.29 is 22.6 Å². The molecule has 2 heterocycles. The maximum absolute atomic E-state index is 12.6. The van der Waals surface area contributed by atoms with E-state index in [-0.39, 0.29) is 18.1 Å². The number of nitrogens with one attached hydrogen (secondary N) is 3. The summed E-state index contributed by atoms with van der Waals surface area (Å²) in [5, 5.41) is 16.5. The minimum Gasteiger partial charge on any atom is -0.493 e. The molecule has 2 aliphatic rings. The van der Waals surface area contributed by atoms with Gasteiger partial charge in [0.2, 0.25) is 21.8 Å². The normalized spacial score (nSPS) is 29.7. The van der Waals surface area contributed by atoms with E-state index in [0.29, 0.717) is 24.0 Å². The largest absolute Gasteiger partial charge is 0.493 e. The van der Waals surface area contributed by atoms with Gasteiger partial charge in [-0.05, 0) is 23.3 Å². The lowest BCUT2D eigenvalue weighted by atomic mass is 9.98. The SMILES string of the molecule is CC(C)C(Nc1ns[nH+]c1NC1CC=CC(S(=O)(=O)N(C)C)C1O)C1=CC(C)C(C)O1. The highest BCUT2D eigenvalue weighted by Crippen LogP contribution is 2.31. The van der Waals surface area contributed by atoms with Crippen molar-refractivity contribution in [3.63, 3.8) is 0 Å². The summed E-state index contributed by atoms with van der Waals surface area (Å²) in [7, 11) is -0.687. The first-order valence-electron chi connectivity index (χ1n) is 10.6. The van der Waals surface area contributed by atoms with Crippen molar-refractivity contribution in [2.75, 3.05) is 24.7 Å². The van der Waals surface area contributed by atoms with Gasteiger partial charge in [-0.2, -0.15) is 4.37 Å². The van der Waals surface area contributed by atoms with Crippen LogP contribution in [0.1, 0.15) is 34.1 Å². The Hall–Kier alpha value is -1.69. The fourth-order valence-electron chi connectivity index (χ4n) is 3.74. The molecule has 11 heteroatoms. The van der Waals surface area contributed by atoms with Gasteiger partial charge in [0, 0.05) is 26.4 Å². The average molecular weight is 473 g/mol. The minimum absolute atomic E-state index is 0.0542. The number of aliphatic hydroxyl groups is 1. The molecular weight excluding hydrogens is 438 g/mol. The second kappa shape index (κ2) is 9.43. The predicted octanol–water partition coefficient (Wildman–Crippen LogP) is 1.69. The Kier molecular flexibility index (Phi) is 7.29. The molecule has 6 unspecified atom stereocenters. The molecule has 0 spiro atoms. The molecular formula is C20H34N5O4S2+. The molecule has 0 radical (unpaired) electrons. The number of sulfonamides is 1. The molecule has 0 fully saturated rings. The molecule has 0 saturated carbocycles. The van der Waals surface area contributed by atoms with Crippen LogP contribution in [0.3, 0.4) is 0 Å². The first-order valence-corrected chi connectivity index (χ1v) is 12.8. The Labute approximate surface area is 188 Å². The zero-order valence-electron chi connectivity index (χ0n) is 18.9. The van der Waals surface area contributed by atoms with E-state index in [1.807, 2.05) is 0 Å². The Balaban J connectivity index is 1.76. The second-order valence-corrected chi connectivity index (χ2v) is 11.7. The Morgan fingerprint density at radius 1 is 1.35 bits per heavy atom. The van der Waals surface area contributed by atoms with Gasteiger partial charge in [0.1, 0.15) is 29.3 Å². The first kappa shape index (κ1) is 24.0. The molecule has 0 bridgehead atoms. The van der Waals surface area contributed by atoms with Crippen LogP contribution in [0.15, 0.2) is 24.0 Å². The molecule has 3 rings (SSSR count). The van der Waals surface area contributed by atoms with E-state index in [1.165, 1.54) is 25.8 Å². The molecule has 1 aliphatic carbocycles. The van der Waals surface area contributed by atoms with Gasteiger partial charge in [-0.25, -0.2) is 12.7 Å². The highest BCUT2D eigenvalue weighted by atomic mass is 32.2. The van der Waals surface area contributed by atoms with E-state index in [0.717, 1.165) is 10.1 Å². The standard InChI is InChI=1S/C20H33N5O4S2/c1-11(2)17(15-10-12(3)13(4)29-15)22-20-19(23-30-24-20)21-14-8-7-9-16(18(14)26)31(27,28)25(5)6/h7,9-14,16-18,26H,8H2,1-6H3,(H,21,23)(H,22,24)/p+1. The van der Waals surface area contributed by atoms with Crippen molar-refractivity contribution in [1.82, 2.24) is 8.68 Å². The molecule has 174 valence electrons. The number of ether oxygens (including phenoxy) is 1. The number of aromatic amines is 1. The summed E-state index contributed by atoms with van der Waals surface area (Å²) >= 11 is 1.18. The number of aliphatic hydroxyl groups excluding tert-OH is 1. The molecule has 0 saturated heterocycles. The highest BCUT2D eigenvalue weighted by Gasteiger charge is 2.41. The van der Waals surface area contributed by atoms with Crippen LogP contribution in [0.5, 0.6) is 0 Å². The monoisotopic (exact) mass is 472 g/mol. The van der Waals surface area contributed by atoms with Crippen LogP contribution in [-0.2, 0) is 14.8 Å². The van der Waals surface area contributed by atoms with Crippen molar-refractivity contribution >= 4 is 33.4 Å². The van der Waals surface area contributed by atoms with Crippen LogP contribution in [0.2, 0.25) is 0 Å². The minimum atomic E-state index is -3.63. The Morgan fingerprint density at radius 3 is 2.65 bits per heavy atom. The molecule has 31 heavy (non-hydrogen) atoms. The van der Waals surface area contributed by atoms with Gasteiger partial charge in [-0.1, -0.05) is 32.9 Å². The second-order valence-electron chi connectivity index (χ2n) is 8.82. The first-order chi connectivity index (χ1) is 14.5. The fraction of sp³-hybridized carbons (Fsp3) is 0.700. The van der Waals surface area contributed by atoms with E-state index in [9.17, 15) is 13.5 Å². The maximum Gasteiger partial charge on any atom is 0.292 e. The zero-order valence-corrected chi connectivity index (χ0v) is 20.5. The number of H-pyrrole nitrogens is 1. The molecule has 0 amide bonds. The maximum atomic E-state index is 12.6. The lowest BCUT2D eigenvalue weighted by molar-refractivity contribution is -0.272. The van der Waals surface area contributed by atoms with E-state index >= 15 is 0 Å². The molecule has 4 N–H and O–H groups in total. The van der Waals surface area contributed by atoms with Gasteiger partial charge in [0.05, 0.1) is 6.04 Å². The van der Waals surface area contributed by atoms with Crippen molar-refractivity contribution in [2.45, 2.75) is 63.7 Å². The van der Waals surface area contributed by atoms with E-state index < -0.39 is 27.4 Å². The summed E-state index contributed by atoms with van der Waals surface area (Å²) < 4.78 is 39.9. The van der Waals surface area contributed by atoms with Gasteiger partial charge < -0.3 is 15.2 Å². The van der Waals surface area contributed by atoms with Crippen LogP contribution >= 0.6 is 11.7 Å². The lowest BCUT2D eigenvalue weighted by Gasteiger charge is -2.31. The topological polar surface area (TPSA) is 118 Å². The van der Waals surface area contributed by atoms with Crippen molar-refractivity contribution in [2.24, 2.45) is 11.8 Å². The van der Waals surface area contributed by atoms with Crippen LogP contribution < -0.4 is 15.0 Å². The van der Waals surface area contributed by atoms with Crippen molar-refractivity contribution in [3.8, 4) is 0 Å². The van der Waals surface area contributed by atoms with Crippen LogP contribution in [0.25, 0.3) is 0 Å². The van der Waals surface area contributed by atoms with E-state index in [2.05, 4.69) is 53.2 Å². The van der Waals surface area contributed by atoms with Crippen LogP contribution in [0, 0.1) is 11.8 Å². The predicted molar refractivity (Wildman–Crippen MR) is 122 cm³/mol. The molecule has 1 aliphatic heterocycles. The number of hydrogen-bond acceptors (Lipinski definition) is 8. The van der Waals surface area contributed by atoms with Gasteiger partial charge >= 0.3 is 0 Å². The van der Waals surface area contributed by atoms with Gasteiger partial charge in [-0.3, -0.25) is 5.32 Å². The Morgan fingerprint density at radius 2 is 2.06 bits per heavy atom. The zero-order chi connectivity index (χ0) is 22.9. The summed E-state index contributed by atoms with van der Waals surface area (Å²) in [4.78, 5) is 0. The number of rotatable bonds is 8. The van der Waals surface area contributed by atoms with Crippen molar-refractivity contribution in [3.05, 3.63) is 24.0 Å². The molecule has 0 aromatic carbocycles. The molecule has 9 nitrogen and oxygen atoms in total. The van der Waals surface area contributed by atoms with E-state index in [4.69, 9.17) is 4.74 Å². The third-order valence-electron chi connectivity index (χ3n) is 5.92. The Bertz CT molecular complexity index is 928. The lowest BCUT2D eigenvalue weighted by Crippen LogP contribution is -2.50. The van der Waals surface area contributed by atoms with Crippen molar-refractivity contribution in [1.29, 1.82) is 0 Å². The van der Waals surface area contributed by atoms with E-state index in [1.54, 1.807) is 12.2 Å². The summed E-state index contributed by atoms with van der Waals surface area (Å²) in [6, 6.07) is -0.529. The molecule has 6 atom stereocenters. The quantitative estimate of drug-likeness (QED) is 0.493. The third kappa shape index (κ3) is 5.05. The number of anilines is 2. The molecule has 1 aromatic heterocycles. The number of nitrogens with zero attached hydrogens (tertiary/aromatic N) is 2. The highest BCUT2D eigenvalue weighted by molar-refractivity contribution is 7.89. The molecule has 1 aromatic rings.